The predicted octanol–water partition coefficient (Wildman–Crippen LogP) is 5.95. The molecule has 0 saturated carbocycles. The Hall–Kier alpha value is -3.28. The van der Waals surface area contributed by atoms with Crippen LogP contribution in [0.4, 0.5) is 5.69 Å². The number of fused-ring (bicyclic) bond motifs is 4. The van der Waals surface area contributed by atoms with Gasteiger partial charge in [0.25, 0.3) is 5.91 Å². The van der Waals surface area contributed by atoms with Gasteiger partial charge in [0.2, 0.25) is 0 Å². The number of hydrogen-bond acceptors (Lipinski definition) is 4. The number of morpholine rings is 1. The molecule has 4 aromatic rings. The summed E-state index contributed by atoms with van der Waals surface area (Å²) >= 11 is 0. The summed E-state index contributed by atoms with van der Waals surface area (Å²) in [5.41, 5.74) is 3.53. The van der Waals surface area contributed by atoms with Crippen molar-refractivity contribution in [3.05, 3.63) is 84.1 Å². The molecule has 5 saturated heterocycles. The molecule has 0 aliphatic carbocycles. The maximum Gasteiger partial charge on any atom is 0.256 e. The number of rotatable bonds is 4. The Balaban J connectivity index is 1.25. The van der Waals surface area contributed by atoms with E-state index in [4.69, 9.17) is 4.74 Å². The average Bonchev–Trinajstić information content (AvgIpc) is 2.92. The first-order valence-corrected chi connectivity index (χ1v) is 12.7. The molecule has 5 nitrogen and oxygen atoms in total. The Bertz CT molecular complexity index is 1460. The second kappa shape index (κ2) is 7.87. The van der Waals surface area contributed by atoms with Crippen LogP contribution < -0.4 is 5.32 Å². The fourth-order valence-electron chi connectivity index (χ4n) is 6.84. The first kappa shape index (κ1) is 21.0. The van der Waals surface area contributed by atoms with Crippen LogP contribution in [0, 0.1) is 5.92 Å². The van der Waals surface area contributed by atoms with E-state index in [0.29, 0.717) is 17.5 Å². The lowest BCUT2D eigenvalue weighted by Crippen LogP contribution is -2.70. The minimum absolute atomic E-state index is 0.0343. The number of benzene rings is 3. The molecular formula is C30H29N3O2. The molecule has 5 aliphatic rings. The lowest BCUT2D eigenvalue weighted by atomic mass is 9.66. The Kier molecular flexibility index (Phi) is 4.73. The summed E-state index contributed by atoms with van der Waals surface area (Å²) in [5, 5.41) is 6.21. The van der Waals surface area contributed by atoms with Crippen molar-refractivity contribution in [2.24, 2.45) is 5.92 Å². The number of carbonyl (C=O) groups excluding carboxylic acids is 1. The second-order valence-corrected chi connectivity index (χ2v) is 10.3. The Morgan fingerprint density at radius 1 is 1.11 bits per heavy atom. The lowest BCUT2D eigenvalue weighted by molar-refractivity contribution is -0.274. The van der Waals surface area contributed by atoms with Crippen LogP contribution in [0.25, 0.3) is 21.7 Å². The molecule has 5 aliphatic heterocycles. The van der Waals surface area contributed by atoms with Crippen LogP contribution in [0.2, 0.25) is 0 Å². The summed E-state index contributed by atoms with van der Waals surface area (Å²) in [4.78, 5) is 20.5. The maximum absolute atomic E-state index is 13.3. The van der Waals surface area contributed by atoms with Crippen LogP contribution in [0.1, 0.15) is 48.2 Å². The molecule has 5 heteroatoms. The molecule has 3 aromatic carbocycles. The first-order valence-electron chi connectivity index (χ1n) is 12.7. The third kappa shape index (κ3) is 3.22. The van der Waals surface area contributed by atoms with Crippen molar-refractivity contribution in [3.63, 3.8) is 0 Å². The summed E-state index contributed by atoms with van der Waals surface area (Å²) in [7, 11) is 0. The monoisotopic (exact) mass is 463 g/mol. The minimum atomic E-state index is -0.104. The van der Waals surface area contributed by atoms with E-state index < -0.39 is 0 Å². The molecule has 4 bridgehead atoms. The number of nitrogens with one attached hydrogen (secondary N) is 1. The second-order valence-electron chi connectivity index (χ2n) is 10.3. The summed E-state index contributed by atoms with van der Waals surface area (Å²) in [6.45, 7) is 4.50. The third-order valence-electron chi connectivity index (χ3n) is 8.66. The number of hydrogen-bond donors (Lipinski definition) is 1. The number of carbonyl (C=O) groups is 1. The van der Waals surface area contributed by atoms with Crippen LogP contribution in [-0.4, -0.2) is 40.5 Å². The Labute approximate surface area is 205 Å². The molecule has 1 amide bonds. The topological polar surface area (TPSA) is 54.5 Å². The normalized spacial score (nSPS) is 29.1. The van der Waals surface area contributed by atoms with Gasteiger partial charge in [-0.15, -0.1) is 0 Å². The van der Waals surface area contributed by atoms with Gasteiger partial charge in [0.15, 0.2) is 0 Å². The highest BCUT2D eigenvalue weighted by Gasteiger charge is 2.58. The van der Waals surface area contributed by atoms with E-state index in [1.165, 1.54) is 24.9 Å². The van der Waals surface area contributed by atoms with Crippen LogP contribution in [0.15, 0.2) is 72.9 Å². The van der Waals surface area contributed by atoms with Crippen molar-refractivity contribution in [1.82, 2.24) is 9.88 Å². The maximum atomic E-state index is 13.3. The van der Waals surface area contributed by atoms with Crippen molar-refractivity contribution in [2.75, 3.05) is 18.4 Å². The van der Waals surface area contributed by atoms with E-state index >= 15 is 0 Å². The number of piperidine rings is 3. The molecule has 35 heavy (non-hydrogen) atoms. The zero-order valence-electron chi connectivity index (χ0n) is 19.9. The molecule has 9 rings (SSSR count). The molecule has 0 spiro atoms. The van der Waals surface area contributed by atoms with E-state index in [-0.39, 0.29) is 17.6 Å². The fourth-order valence-corrected chi connectivity index (χ4v) is 6.84. The average molecular weight is 464 g/mol. The van der Waals surface area contributed by atoms with Gasteiger partial charge in [-0.1, -0.05) is 43.3 Å². The minimum Gasteiger partial charge on any atom is -0.364 e. The molecule has 5 fully saturated rings. The van der Waals surface area contributed by atoms with Gasteiger partial charge >= 0.3 is 0 Å². The predicted molar refractivity (Wildman–Crippen MR) is 139 cm³/mol. The van der Waals surface area contributed by atoms with Gasteiger partial charge in [0, 0.05) is 35.4 Å². The van der Waals surface area contributed by atoms with Gasteiger partial charge in [0.1, 0.15) is 0 Å². The van der Waals surface area contributed by atoms with Crippen molar-refractivity contribution in [2.45, 2.75) is 43.9 Å². The third-order valence-corrected chi connectivity index (χ3v) is 8.66. The first-order chi connectivity index (χ1) is 17.1. The van der Waals surface area contributed by atoms with Gasteiger partial charge in [-0.2, -0.15) is 0 Å². The van der Waals surface area contributed by atoms with Crippen molar-refractivity contribution in [3.8, 4) is 0 Å². The van der Waals surface area contributed by atoms with Gasteiger partial charge < -0.3 is 10.1 Å². The van der Waals surface area contributed by atoms with Crippen LogP contribution >= 0.6 is 0 Å². The highest BCUT2D eigenvalue weighted by atomic mass is 16.5. The number of ether oxygens (including phenoxy) is 1. The molecule has 176 valence electrons. The quantitative estimate of drug-likeness (QED) is 0.406. The molecule has 1 aromatic heterocycles. The number of pyridine rings is 1. The van der Waals surface area contributed by atoms with E-state index in [9.17, 15) is 4.79 Å². The zero-order chi connectivity index (χ0) is 23.6. The summed E-state index contributed by atoms with van der Waals surface area (Å²) in [6.07, 6.45) is 5.43. The smallest absolute Gasteiger partial charge is 0.256 e. The number of nitrogens with zero attached hydrogens (tertiary/aromatic N) is 2. The summed E-state index contributed by atoms with van der Waals surface area (Å²) in [6, 6.07) is 22.4. The standard InChI is InChI=1S/C30H29N3O2/c1-2-30-18-33-15-13-20(30)16-27(33)28(35-30)23-12-14-31-26-11-10-21(17-25(23)26)32-29(34)24-9-5-7-19-6-3-4-8-22(19)24/h3-12,14,17,20,27-28H,2,13,15-16,18H2,1H3,(H,32,34)/t20-,27+,28-,30-/m0/s1. The van der Waals surface area contributed by atoms with Gasteiger partial charge in [-0.25, -0.2) is 0 Å². The van der Waals surface area contributed by atoms with Gasteiger partial charge in [0.05, 0.1) is 17.2 Å². The van der Waals surface area contributed by atoms with Crippen LogP contribution in [0.5, 0.6) is 0 Å². The Morgan fingerprint density at radius 2 is 2.00 bits per heavy atom. The van der Waals surface area contributed by atoms with Crippen molar-refractivity contribution < 1.29 is 9.53 Å². The molecular weight excluding hydrogens is 434 g/mol. The van der Waals surface area contributed by atoms with E-state index in [2.05, 4.69) is 34.3 Å². The van der Waals surface area contributed by atoms with E-state index in [0.717, 1.165) is 40.3 Å². The van der Waals surface area contributed by atoms with Crippen molar-refractivity contribution in [1.29, 1.82) is 0 Å². The summed E-state index contributed by atoms with van der Waals surface area (Å²) in [5.74, 6) is 0.565. The molecule has 1 unspecified atom stereocenters. The molecule has 1 N–H and O–H groups in total. The number of aromatic nitrogens is 1. The van der Waals surface area contributed by atoms with Gasteiger partial charge in [-0.3, -0.25) is 14.7 Å². The van der Waals surface area contributed by atoms with E-state index in [1.807, 2.05) is 60.8 Å². The van der Waals surface area contributed by atoms with Crippen LogP contribution in [0.3, 0.4) is 0 Å². The molecule has 0 radical (unpaired) electrons. The Morgan fingerprint density at radius 3 is 2.86 bits per heavy atom. The zero-order valence-corrected chi connectivity index (χ0v) is 19.9. The number of anilines is 1. The largest absolute Gasteiger partial charge is 0.364 e. The summed E-state index contributed by atoms with van der Waals surface area (Å²) < 4.78 is 6.93. The SMILES string of the molecule is CC[C@]12CN3CC[C@H]1C[C@@H]3[C@H](c1ccnc3ccc(NC(=O)c4cccc5ccccc45)cc13)O2. The van der Waals surface area contributed by atoms with Gasteiger partial charge in [-0.05, 0) is 78.4 Å². The molecule has 5 atom stereocenters. The molecule has 6 heterocycles. The number of amides is 1. The highest BCUT2D eigenvalue weighted by Crippen LogP contribution is 2.54. The van der Waals surface area contributed by atoms with E-state index in [1.54, 1.807) is 0 Å². The lowest BCUT2D eigenvalue weighted by Gasteiger charge is -2.64. The highest BCUT2D eigenvalue weighted by molar-refractivity contribution is 6.13. The van der Waals surface area contributed by atoms with Crippen molar-refractivity contribution >= 4 is 33.3 Å². The van der Waals surface area contributed by atoms with Crippen LogP contribution in [-0.2, 0) is 4.74 Å². The fraction of sp³-hybridized carbons (Fsp3) is 0.333.